The maximum absolute atomic E-state index is 9.42. The zero-order valence-corrected chi connectivity index (χ0v) is 12.8. The smallest absolute Gasteiger partial charge is 0.127 e. The van der Waals surface area contributed by atoms with Gasteiger partial charge in [-0.3, -0.25) is 4.90 Å². The van der Waals surface area contributed by atoms with Gasteiger partial charge >= 0.3 is 0 Å². The van der Waals surface area contributed by atoms with Gasteiger partial charge in [-0.25, -0.2) is 4.98 Å². The van der Waals surface area contributed by atoms with Gasteiger partial charge in [0.2, 0.25) is 0 Å². The van der Waals surface area contributed by atoms with Gasteiger partial charge in [0.15, 0.2) is 0 Å². The molecule has 114 valence electrons. The Hall–Kier alpha value is -1.39. The van der Waals surface area contributed by atoms with Crippen LogP contribution < -0.4 is 0 Å². The largest absolute Gasteiger partial charge is 0.395 e. The number of aromatic nitrogens is 2. The Labute approximate surface area is 126 Å². The fourth-order valence-corrected chi connectivity index (χ4v) is 3.52. The monoisotopic (exact) mass is 287 g/mol. The Morgan fingerprint density at radius 1 is 1.19 bits per heavy atom. The van der Waals surface area contributed by atoms with Crippen molar-refractivity contribution in [1.29, 1.82) is 0 Å². The summed E-state index contributed by atoms with van der Waals surface area (Å²) in [5, 5.41) is 9.42. The maximum Gasteiger partial charge on any atom is 0.127 e. The Morgan fingerprint density at radius 2 is 1.95 bits per heavy atom. The van der Waals surface area contributed by atoms with Crippen LogP contribution in [0, 0.1) is 0 Å². The summed E-state index contributed by atoms with van der Waals surface area (Å²) in [5.74, 6) is 1.12. The number of hydrogen-bond acceptors (Lipinski definition) is 3. The number of para-hydroxylation sites is 2. The lowest BCUT2D eigenvalue weighted by molar-refractivity contribution is 0.149. The molecule has 1 aliphatic rings. The van der Waals surface area contributed by atoms with E-state index in [9.17, 15) is 5.11 Å². The van der Waals surface area contributed by atoms with E-state index in [4.69, 9.17) is 4.98 Å². The number of likely N-dealkylation sites (tertiary alicyclic amines) is 1. The summed E-state index contributed by atoms with van der Waals surface area (Å²) in [6.45, 7) is 5.35. The Kier molecular flexibility index (Phi) is 4.56. The minimum atomic E-state index is 0.157. The first-order valence-electron chi connectivity index (χ1n) is 8.15. The van der Waals surface area contributed by atoms with Crippen molar-refractivity contribution in [3.05, 3.63) is 30.1 Å². The average Bonchev–Trinajstić information content (AvgIpc) is 2.89. The zero-order valence-electron chi connectivity index (χ0n) is 12.8. The molecule has 1 aliphatic heterocycles. The second-order valence-electron chi connectivity index (χ2n) is 5.85. The van der Waals surface area contributed by atoms with Crippen LogP contribution in [0.2, 0.25) is 0 Å². The summed E-state index contributed by atoms with van der Waals surface area (Å²) >= 11 is 0. The van der Waals surface area contributed by atoms with Crippen LogP contribution in [-0.4, -0.2) is 39.3 Å². The van der Waals surface area contributed by atoms with Gasteiger partial charge in [-0.1, -0.05) is 25.5 Å². The van der Waals surface area contributed by atoms with Crippen LogP contribution in [-0.2, 0) is 6.54 Å². The van der Waals surface area contributed by atoms with Crippen LogP contribution >= 0.6 is 0 Å². The van der Waals surface area contributed by atoms with Crippen molar-refractivity contribution in [2.45, 2.75) is 45.2 Å². The Morgan fingerprint density at radius 3 is 2.67 bits per heavy atom. The third-order valence-electron chi connectivity index (χ3n) is 4.52. The van der Waals surface area contributed by atoms with Crippen LogP contribution in [0.3, 0.4) is 0 Å². The summed E-state index contributed by atoms with van der Waals surface area (Å²) in [6, 6.07) is 8.61. The van der Waals surface area contributed by atoms with Crippen LogP contribution in [0.15, 0.2) is 24.3 Å². The molecular formula is C17H25N3O. The summed E-state index contributed by atoms with van der Waals surface area (Å²) in [7, 11) is 0. The van der Waals surface area contributed by atoms with Gasteiger partial charge in [0.25, 0.3) is 0 Å². The first kappa shape index (κ1) is 14.5. The quantitative estimate of drug-likeness (QED) is 0.919. The fraction of sp³-hybridized carbons (Fsp3) is 0.588. The molecule has 0 aliphatic carbocycles. The molecule has 1 atom stereocenters. The number of benzene rings is 1. The van der Waals surface area contributed by atoms with Crippen molar-refractivity contribution in [2.75, 3.05) is 19.7 Å². The summed E-state index contributed by atoms with van der Waals surface area (Å²) in [4.78, 5) is 7.46. The molecule has 2 heterocycles. The molecule has 0 amide bonds. The van der Waals surface area contributed by atoms with Gasteiger partial charge in [-0.05, 0) is 44.5 Å². The molecule has 0 spiro atoms. The number of nitrogens with zero attached hydrogens (tertiary/aromatic N) is 3. The lowest BCUT2D eigenvalue weighted by atomic mass is 10.1. The third kappa shape index (κ3) is 2.83. The minimum absolute atomic E-state index is 0.157. The Balaban J connectivity index is 2.01. The predicted molar refractivity (Wildman–Crippen MR) is 85.3 cm³/mol. The third-order valence-corrected chi connectivity index (χ3v) is 4.52. The SMILES string of the molecule is CCC(c1nc2ccccc2n1CCO)N1CCCCC1. The van der Waals surface area contributed by atoms with E-state index in [2.05, 4.69) is 28.5 Å². The van der Waals surface area contributed by atoms with Crippen LogP contribution in [0.1, 0.15) is 44.5 Å². The highest BCUT2D eigenvalue weighted by Crippen LogP contribution is 2.29. The van der Waals surface area contributed by atoms with Gasteiger partial charge in [-0.15, -0.1) is 0 Å². The number of aliphatic hydroxyl groups is 1. The normalized spacial score (nSPS) is 18.2. The molecule has 2 aromatic rings. The number of aliphatic hydroxyl groups excluding tert-OH is 1. The molecule has 1 N–H and O–H groups in total. The van der Waals surface area contributed by atoms with E-state index >= 15 is 0 Å². The number of fused-ring (bicyclic) bond motifs is 1. The van der Waals surface area contributed by atoms with Crippen LogP contribution in [0.25, 0.3) is 11.0 Å². The van der Waals surface area contributed by atoms with Gasteiger partial charge < -0.3 is 9.67 Å². The van der Waals surface area contributed by atoms with Gasteiger partial charge in [0.05, 0.1) is 23.7 Å². The standard InChI is InChI=1S/C17H25N3O/c1-2-15(19-10-6-3-7-11-19)17-18-14-8-4-5-9-16(14)20(17)12-13-21/h4-5,8-9,15,21H,2-3,6-7,10-13H2,1H3. The lowest BCUT2D eigenvalue weighted by Crippen LogP contribution is -2.35. The zero-order chi connectivity index (χ0) is 14.7. The van der Waals surface area contributed by atoms with Crippen molar-refractivity contribution in [2.24, 2.45) is 0 Å². The second-order valence-corrected chi connectivity index (χ2v) is 5.85. The number of rotatable bonds is 5. The highest BCUT2D eigenvalue weighted by molar-refractivity contribution is 5.76. The van der Waals surface area contributed by atoms with Crippen molar-refractivity contribution < 1.29 is 5.11 Å². The molecular weight excluding hydrogens is 262 g/mol. The van der Waals surface area contributed by atoms with E-state index in [1.807, 2.05) is 12.1 Å². The van der Waals surface area contributed by atoms with E-state index < -0.39 is 0 Å². The minimum Gasteiger partial charge on any atom is -0.395 e. The van der Waals surface area contributed by atoms with Gasteiger partial charge in [-0.2, -0.15) is 0 Å². The molecule has 1 aromatic carbocycles. The molecule has 21 heavy (non-hydrogen) atoms. The molecule has 0 radical (unpaired) electrons. The summed E-state index contributed by atoms with van der Waals surface area (Å²) in [5.41, 5.74) is 2.17. The molecule has 4 nitrogen and oxygen atoms in total. The number of hydrogen-bond donors (Lipinski definition) is 1. The fourth-order valence-electron chi connectivity index (χ4n) is 3.52. The number of imidazole rings is 1. The van der Waals surface area contributed by atoms with Crippen molar-refractivity contribution in [3.63, 3.8) is 0 Å². The molecule has 3 rings (SSSR count). The topological polar surface area (TPSA) is 41.3 Å². The van der Waals surface area contributed by atoms with E-state index in [1.165, 1.54) is 32.4 Å². The maximum atomic E-state index is 9.42. The van der Waals surface area contributed by atoms with Crippen LogP contribution in [0.4, 0.5) is 0 Å². The Bertz CT molecular complexity index is 587. The average molecular weight is 287 g/mol. The van der Waals surface area contributed by atoms with Gasteiger partial charge in [0, 0.05) is 6.54 Å². The molecule has 4 heteroatoms. The predicted octanol–water partition coefficient (Wildman–Crippen LogP) is 2.97. The first-order valence-corrected chi connectivity index (χ1v) is 8.15. The first-order chi connectivity index (χ1) is 10.3. The molecule has 0 bridgehead atoms. The van der Waals surface area contributed by atoms with Gasteiger partial charge in [0.1, 0.15) is 5.82 Å². The van der Waals surface area contributed by atoms with Crippen molar-refractivity contribution >= 4 is 11.0 Å². The molecule has 1 unspecified atom stereocenters. The van der Waals surface area contributed by atoms with E-state index in [-0.39, 0.29) is 6.61 Å². The molecule has 1 fully saturated rings. The molecule has 0 saturated carbocycles. The van der Waals surface area contributed by atoms with Crippen LogP contribution in [0.5, 0.6) is 0 Å². The van der Waals surface area contributed by atoms with E-state index in [1.54, 1.807) is 0 Å². The second kappa shape index (κ2) is 6.58. The van der Waals surface area contributed by atoms with Crippen molar-refractivity contribution in [1.82, 2.24) is 14.5 Å². The lowest BCUT2D eigenvalue weighted by Gasteiger charge is -2.33. The molecule has 1 aromatic heterocycles. The van der Waals surface area contributed by atoms with E-state index in [0.29, 0.717) is 12.6 Å². The highest BCUT2D eigenvalue weighted by atomic mass is 16.3. The van der Waals surface area contributed by atoms with Crippen molar-refractivity contribution in [3.8, 4) is 0 Å². The highest BCUT2D eigenvalue weighted by Gasteiger charge is 2.25. The summed E-state index contributed by atoms with van der Waals surface area (Å²) < 4.78 is 2.21. The number of piperidine rings is 1. The van der Waals surface area contributed by atoms with E-state index in [0.717, 1.165) is 23.3 Å². The summed E-state index contributed by atoms with van der Waals surface area (Å²) in [6.07, 6.45) is 4.99. The molecule has 1 saturated heterocycles.